The number of aldehydes is 1. The van der Waals surface area contributed by atoms with Gasteiger partial charge >= 0.3 is 0 Å². The summed E-state index contributed by atoms with van der Waals surface area (Å²) < 4.78 is 13.7. The Kier molecular flexibility index (Phi) is 13.7. The number of hydrogen-bond acceptors (Lipinski definition) is 5. The maximum absolute atomic E-state index is 13.7. The van der Waals surface area contributed by atoms with E-state index in [1.54, 1.807) is 6.07 Å². The highest BCUT2D eigenvalue weighted by Gasteiger charge is 2.26. The molecule has 8 heteroatoms. The lowest BCUT2D eigenvalue weighted by atomic mass is 9.91. The van der Waals surface area contributed by atoms with Crippen molar-refractivity contribution in [2.24, 2.45) is 11.7 Å². The van der Waals surface area contributed by atoms with Gasteiger partial charge in [-0.05, 0) is 65.4 Å². The first-order valence-electron chi connectivity index (χ1n) is 13.6. The van der Waals surface area contributed by atoms with Crippen molar-refractivity contribution in [3.63, 3.8) is 0 Å². The number of nitrogens with one attached hydrogen (secondary N) is 3. The Morgan fingerprint density at radius 2 is 1.88 bits per heavy atom. The Bertz CT molecular complexity index is 1310. The molecule has 1 aliphatic heterocycles. The highest BCUT2D eigenvalue weighted by molar-refractivity contribution is 5.63. The third-order valence-corrected chi connectivity index (χ3v) is 6.76. The fraction of sp³-hybridized carbons (Fsp3) is 0.273. The summed E-state index contributed by atoms with van der Waals surface area (Å²) in [5.41, 5.74) is 13.4. The molecule has 5 N–H and O–H groups in total. The summed E-state index contributed by atoms with van der Waals surface area (Å²) in [5.74, 6) is 0.0802. The van der Waals surface area contributed by atoms with E-state index in [9.17, 15) is 4.39 Å². The second-order valence-electron chi connectivity index (χ2n) is 9.59. The molecule has 1 unspecified atom stereocenters. The van der Waals surface area contributed by atoms with Gasteiger partial charge in [0.05, 0.1) is 11.4 Å². The Morgan fingerprint density at radius 1 is 1.17 bits per heavy atom. The van der Waals surface area contributed by atoms with Crippen molar-refractivity contribution in [3.05, 3.63) is 119 Å². The van der Waals surface area contributed by atoms with Gasteiger partial charge in [-0.3, -0.25) is 9.59 Å². The first-order valence-corrected chi connectivity index (χ1v) is 13.6. The molecule has 7 nitrogen and oxygen atoms in total. The number of aromatic nitrogens is 1. The van der Waals surface area contributed by atoms with E-state index in [0.717, 1.165) is 48.6 Å². The minimum atomic E-state index is -0.228. The largest absolute Gasteiger partial charge is 0.388 e. The van der Waals surface area contributed by atoms with Crippen LogP contribution in [0.2, 0.25) is 0 Å². The second kappa shape index (κ2) is 17.2. The van der Waals surface area contributed by atoms with Gasteiger partial charge in [0.1, 0.15) is 12.1 Å². The average molecular weight is 560 g/mol. The van der Waals surface area contributed by atoms with E-state index in [1.165, 1.54) is 34.5 Å². The van der Waals surface area contributed by atoms with Crippen LogP contribution in [0, 0.1) is 11.7 Å². The summed E-state index contributed by atoms with van der Waals surface area (Å²) in [5, 5.41) is 6.85. The molecule has 41 heavy (non-hydrogen) atoms. The number of anilines is 1. The van der Waals surface area contributed by atoms with Crippen LogP contribution in [0.5, 0.6) is 0 Å². The molecule has 0 saturated heterocycles. The molecule has 0 fully saturated rings. The molecule has 0 spiro atoms. The SMILES string of the molecule is C=C(c1ccc[nH]1)N1CC(Cc2cccc(CC)c2)=C(NCc2ccc(F)cc2NC)C(C)C1.C=CC=O.NC=O. The van der Waals surface area contributed by atoms with Gasteiger partial charge in [-0.2, -0.15) is 0 Å². The summed E-state index contributed by atoms with van der Waals surface area (Å²) in [6.07, 6.45) is 5.94. The molecule has 0 radical (unpaired) electrons. The maximum Gasteiger partial charge on any atom is 0.204 e. The third-order valence-electron chi connectivity index (χ3n) is 6.76. The van der Waals surface area contributed by atoms with Gasteiger partial charge in [-0.1, -0.05) is 57.3 Å². The van der Waals surface area contributed by atoms with Crippen LogP contribution in [0.25, 0.3) is 5.70 Å². The van der Waals surface area contributed by atoms with Gasteiger partial charge < -0.3 is 26.3 Å². The summed E-state index contributed by atoms with van der Waals surface area (Å²) in [4.78, 5) is 23.3. The maximum atomic E-state index is 13.7. The van der Waals surface area contributed by atoms with Crippen LogP contribution in [-0.4, -0.2) is 42.7 Å². The van der Waals surface area contributed by atoms with E-state index in [0.29, 0.717) is 18.7 Å². The fourth-order valence-electron chi connectivity index (χ4n) is 4.82. The van der Waals surface area contributed by atoms with Crippen LogP contribution in [0.4, 0.5) is 10.1 Å². The molecule has 2 heterocycles. The molecule has 1 atom stereocenters. The highest BCUT2D eigenvalue weighted by Crippen LogP contribution is 2.30. The van der Waals surface area contributed by atoms with Crippen molar-refractivity contribution in [3.8, 4) is 0 Å². The molecule has 4 rings (SSSR count). The molecule has 1 amide bonds. The van der Waals surface area contributed by atoms with Gasteiger partial charge in [0, 0.05) is 50.2 Å². The van der Waals surface area contributed by atoms with Gasteiger partial charge in [-0.25, -0.2) is 4.39 Å². The number of nitrogens with two attached hydrogens (primary N) is 1. The van der Waals surface area contributed by atoms with Crippen molar-refractivity contribution in [2.75, 3.05) is 25.5 Å². The minimum Gasteiger partial charge on any atom is -0.388 e. The average Bonchev–Trinajstić information content (AvgIpc) is 3.52. The number of amides is 1. The normalized spacial score (nSPS) is 14.0. The zero-order chi connectivity index (χ0) is 30.2. The van der Waals surface area contributed by atoms with E-state index in [2.05, 4.69) is 83.6 Å². The van der Waals surface area contributed by atoms with Crippen molar-refractivity contribution < 1.29 is 14.0 Å². The lowest BCUT2D eigenvalue weighted by molar-refractivity contribution is -0.107. The number of carbonyl (C=O) groups is 2. The number of allylic oxidation sites excluding steroid dienone is 1. The van der Waals surface area contributed by atoms with Gasteiger partial charge in [0.25, 0.3) is 0 Å². The second-order valence-corrected chi connectivity index (χ2v) is 9.59. The third kappa shape index (κ3) is 9.83. The number of rotatable bonds is 10. The standard InChI is InChI=1S/C29H35FN4.C3H4O.CH3NO/c1-5-22-8-6-9-23(14-22)15-25-19-34(21(3)27-10-7-13-32-27)18-20(2)29(25)33-17-24-11-12-26(30)16-28(24)31-4;1-2-3-4;2-1-3/h6-14,16,20,31-33H,3,5,15,17-19H2,1-2,4H3;2-3H,1H2;1H,(H2,2,3). The van der Waals surface area contributed by atoms with Crippen molar-refractivity contribution in [2.45, 2.75) is 33.2 Å². The van der Waals surface area contributed by atoms with E-state index < -0.39 is 0 Å². The zero-order valence-corrected chi connectivity index (χ0v) is 24.3. The lowest BCUT2D eigenvalue weighted by Gasteiger charge is -2.38. The Balaban J connectivity index is 0.000000759. The lowest BCUT2D eigenvalue weighted by Crippen LogP contribution is -2.39. The van der Waals surface area contributed by atoms with E-state index >= 15 is 0 Å². The number of nitrogens with zero attached hydrogens (tertiary/aromatic N) is 1. The molecule has 3 aromatic rings. The number of H-pyrrole nitrogens is 1. The Morgan fingerprint density at radius 3 is 2.49 bits per heavy atom. The topological polar surface area (TPSA) is 103 Å². The number of aryl methyl sites for hydroxylation is 1. The summed E-state index contributed by atoms with van der Waals surface area (Å²) in [7, 11) is 1.83. The molecule has 1 aromatic heterocycles. The molecule has 0 bridgehead atoms. The van der Waals surface area contributed by atoms with Crippen LogP contribution in [-0.2, 0) is 29.0 Å². The van der Waals surface area contributed by atoms with Crippen molar-refractivity contribution in [1.29, 1.82) is 0 Å². The van der Waals surface area contributed by atoms with Gasteiger partial charge in [-0.15, -0.1) is 0 Å². The summed E-state index contributed by atoms with van der Waals surface area (Å²) in [6, 6.07) is 17.9. The molecule has 0 saturated carbocycles. The quantitative estimate of drug-likeness (QED) is 0.196. The van der Waals surface area contributed by atoms with Crippen LogP contribution in [0.15, 0.2) is 91.3 Å². The first kappa shape index (κ1) is 32.6. The Hall–Kier alpha value is -4.59. The van der Waals surface area contributed by atoms with E-state index in [1.807, 2.05) is 25.4 Å². The van der Waals surface area contributed by atoms with Crippen LogP contribution >= 0.6 is 0 Å². The number of hydrogen-bond donors (Lipinski definition) is 4. The summed E-state index contributed by atoms with van der Waals surface area (Å²) in [6.45, 7) is 14.3. The number of benzene rings is 2. The molecule has 1 aliphatic rings. The minimum absolute atomic E-state index is 0.228. The molecule has 218 valence electrons. The predicted octanol–water partition coefficient (Wildman–Crippen LogP) is 5.44. The van der Waals surface area contributed by atoms with E-state index in [-0.39, 0.29) is 12.2 Å². The van der Waals surface area contributed by atoms with Gasteiger partial charge in [0.15, 0.2) is 0 Å². The monoisotopic (exact) mass is 559 g/mol. The number of carbonyl (C=O) groups excluding carboxylic acids is 2. The zero-order valence-electron chi connectivity index (χ0n) is 24.3. The first-order chi connectivity index (χ1) is 19.8. The number of halogens is 1. The van der Waals surface area contributed by atoms with Gasteiger partial charge in [0.2, 0.25) is 6.41 Å². The number of aromatic amines is 1. The number of primary amides is 1. The molecular formula is C33H42FN5O2. The molecule has 0 aliphatic carbocycles. The van der Waals surface area contributed by atoms with Crippen LogP contribution < -0.4 is 16.4 Å². The van der Waals surface area contributed by atoms with E-state index in [4.69, 9.17) is 9.59 Å². The van der Waals surface area contributed by atoms with Crippen LogP contribution in [0.1, 0.15) is 36.2 Å². The molecular weight excluding hydrogens is 517 g/mol. The predicted molar refractivity (Wildman–Crippen MR) is 166 cm³/mol. The summed E-state index contributed by atoms with van der Waals surface area (Å²) >= 11 is 0. The van der Waals surface area contributed by atoms with Crippen LogP contribution in [0.3, 0.4) is 0 Å². The van der Waals surface area contributed by atoms with Crippen molar-refractivity contribution >= 4 is 24.1 Å². The molecule has 2 aromatic carbocycles. The Labute approximate surface area is 243 Å². The highest BCUT2D eigenvalue weighted by atomic mass is 19.1. The fourth-order valence-corrected chi connectivity index (χ4v) is 4.82. The van der Waals surface area contributed by atoms with Crippen molar-refractivity contribution in [1.82, 2.24) is 15.2 Å². The smallest absolute Gasteiger partial charge is 0.204 e.